The van der Waals surface area contributed by atoms with Gasteiger partial charge in [0, 0.05) is 15.9 Å². The van der Waals surface area contributed by atoms with E-state index >= 15 is 0 Å². The van der Waals surface area contributed by atoms with Crippen LogP contribution in [-0.2, 0) is 15.3 Å². The van der Waals surface area contributed by atoms with Gasteiger partial charge in [-0.15, -0.1) is 0 Å². The second-order valence-electron chi connectivity index (χ2n) is 6.19. The van der Waals surface area contributed by atoms with E-state index in [1.54, 1.807) is 13.0 Å². The fraction of sp³-hybridized carbons (Fsp3) is 0.238. The molecule has 146 valence electrons. The average Bonchev–Trinajstić information content (AvgIpc) is 2.66. The van der Waals surface area contributed by atoms with E-state index in [4.69, 9.17) is 9.73 Å². The summed E-state index contributed by atoms with van der Waals surface area (Å²) in [6, 6.07) is 13.7. The summed E-state index contributed by atoms with van der Waals surface area (Å²) in [6.45, 7) is 3.92. The Morgan fingerprint density at radius 2 is 2.07 bits per heavy atom. The molecule has 0 aromatic heterocycles. The normalized spacial score (nSPS) is 16.4. The van der Waals surface area contributed by atoms with Crippen LogP contribution in [-0.4, -0.2) is 17.7 Å². The molecule has 3 rings (SSSR count). The number of nitrogens with zero attached hydrogens (tertiary/aromatic N) is 1. The van der Waals surface area contributed by atoms with Crippen molar-refractivity contribution in [2.75, 3.05) is 6.61 Å². The van der Waals surface area contributed by atoms with Crippen LogP contribution in [0.25, 0.3) is 0 Å². The van der Waals surface area contributed by atoms with Crippen LogP contribution in [0.5, 0.6) is 0 Å². The van der Waals surface area contributed by atoms with E-state index < -0.39 is 6.04 Å². The van der Waals surface area contributed by atoms with Crippen LogP contribution in [0.2, 0.25) is 0 Å². The number of esters is 1. The third-order valence-corrected chi connectivity index (χ3v) is 5.59. The zero-order valence-electron chi connectivity index (χ0n) is 15.5. The number of halogens is 2. The van der Waals surface area contributed by atoms with Crippen LogP contribution in [0.15, 0.2) is 69.3 Å². The molecule has 0 bridgehead atoms. The van der Waals surface area contributed by atoms with Gasteiger partial charge in [0.2, 0.25) is 0 Å². The van der Waals surface area contributed by atoms with Gasteiger partial charge in [-0.25, -0.2) is 14.2 Å². The molecule has 1 heterocycles. The summed E-state index contributed by atoms with van der Waals surface area (Å²) in [6.07, 6.45) is 0. The third-order valence-electron chi connectivity index (χ3n) is 4.14. The number of benzene rings is 2. The molecule has 2 aromatic rings. The van der Waals surface area contributed by atoms with E-state index in [9.17, 15) is 9.18 Å². The number of carbonyl (C=O) groups excluding carboxylic acids is 1. The largest absolute Gasteiger partial charge is 0.463 e. The maximum absolute atomic E-state index is 13.4. The standard InChI is InChI=1S/C21H20BrFN2O2S/c1-3-27-20(26)18-13(2)24-21(28-12-14-6-4-9-17(23)10-14)25-19(18)15-7-5-8-16(22)11-15/h4-11,19H,3,12H2,1-2H3,(H,24,25)/t19-/m0/s1. The van der Waals surface area contributed by atoms with Crippen LogP contribution in [0.3, 0.4) is 0 Å². The number of ether oxygens (including phenoxy) is 1. The summed E-state index contributed by atoms with van der Waals surface area (Å²) < 4.78 is 19.6. The first kappa shape index (κ1) is 20.6. The van der Waals surface area contributed by atoms with Crippen molar-refractivity contribution in [2.24, 2.45) is 4.99 Å². The molecule has 0 saturated heterocycles. The van der Waals surface area contributed by atoms with Gasteiger partial charge in [0.25, 0.3) is 0 Å². The molecule has 0 unspecified atom stereocenters. The average molecular weight is 463 g/mol. The topological polar surface area (TPSA) is 50.7 Å². The first-order chi connectivity index (χ1) is 13.5. The lowest BCUT2D eigenvalue weighted by molar-refractivity contribution is -0.138. The molecular formula is C21H20BrFN2O2S. The summed E-state index contributed by atoms with van der Waals surface area (Å²) in [7, 11) is 0. The highest BCUT2D eigenvalue weighted by atomic mass is 79.9. The van der Waals surface area contributed by atoms with Crippen molar-refractivity contribution in [1.29, 1.82) is 0 Å². The van der Waals surface area contributed by atoms with Crippen molar-refractivity contribution in [3.05, 3.63) is 81.2 Å². The molecule has 0 amide bonds. The fourth-order valence-corrected chi connectivity index (χ4v) is 4.20. The molecule has 7 heteroatoms. The van der Waals surface area contributed by atoms with Crippen LogP contribution in [0, 0.1) is 5.82 Å². The predicted molar refractivity (Wildman–Crippen MR) is 114 cm³/mol. The number of thioether (sulfide) groups is 1. The second kappa shape index (κ2) is 9.39. The first-order valence-corrected chi connectivity index (χ1v) is 10.6. The minimum Gasteiger partial charge on any atom is -0.463 e. The molecule has 4 nitrogen and oxygen atoms in total. The molecule has 28 heavy (non-hydrogen) atoms. The Balaban J connectivity index is 1.89. The van der Waals surface area contributed by atoms with Gasteiger partial charge in [-0.3, -0.25) is 0 Å². The fourth-order valence-electron chi connectivity index (χ4n) is 2.89. The van der Waals surface area contributed by atoms with Crippen LogP contribution in [0.1, 0.15) is 31.0 Å². The summed E-state index contributed by atoms with van der Waals surface area (Å²) in [5, 5.41) is 3.87. The molecule has 1 aliphatic heterocycles. The quantitative estimate of drug-likeness (QED) is 0.607. The number of hydrogen-bond acceptors (Lipinski definition) is 5. The molecule has 1 atom stereocenters. The van der Waals surface area contributed by atoms with Crippen molar-refractivity contribution in [3.63, 3.8) is 0 Å². The predicted octanol–water partition coefficient (Wildman–Crippen LogP) is 5.36. The van der Waals surface area contributed by atoms with Crippen molar-refractivity contribution >= 4 is 38.8 Å². The molecule has 0 spiro atoms. The van der Waals surface area contributed by atoms with Gasteiger partial charge in [-0.05, 0) is 49.2 Å². The summed E-state index contributed by atoms with van der Waals surface area (Å²) in [5.74, 6) is -0.0728. The van der Waals surface area contributed by atoms with Gasteiger partial charge < -0.3 is 10.1 Å². The Labute approximate surface area is 176 Å². The van der Waals surface area contributed by atoms with Gasteiger partial charge in [0.1, 0.15) is 11.9 Å². The Hall–Kier alpha value is -2.12. The second-order valence-corrected chi connectivity index (χ2v) is 8.07. The van der Waals surface area contributed by atoms with E-state index in [1.807, 2.05) is 37.3 Å². The van der Waals surface area contributed by atoms with Crippen molar-refractivity contribution < 1.29 is 13.9 Å². The Morgan fingerprint density at radius 3 is 2.79 bits per heavy atom. The molecule has 0 saturated carbocycles. The minimum atomic E-state index is -0.465. The number of hydrogen-bond donors (Lipinski definition) is 1. The molecule has 0 aliphatic carbocycles. The van der Waals surface area contributed by atoms with Crippen LogP contribution < -0.4 is 5.32 Å². The lowest BCUT2D eigenvalue weighted by Crippen LogP contribution is -2.30. The van der Waals surface area contributed by atoms with Gasteiger partial charge >= 0.3 is 5.97 Å². The number of allylic oxidation sites excluding steroid dienone is 1. The summed E-state index contributed by atoms with van der Waals surface area (Å²) in [4.78, 5) is 17.3. The van der Waals surface area contributed by atoms with Gasteiger partial charge in [-0.1, -0.05) is 52.0 Å². The van der Waals surface area contributed by atoms with E-state index in [0.717, 1.165) is 15.6 Å². The molecular weight excluding hydrogens is 443 g/mol. The maximum atomic E-state index is 13.4. The van der Waals surface area contributed by atoms with Gasteiger partial charge in [0.15, 0.2) is 5.17 Å². The highest BCUT2D eigenvalue weighted by Gasteiger charge is 2.30. The minimum absolute atomic E-state index is 0.260. The summed E-state index contributed by atoms with van der Waals surface area (Å²) >= 11 is 4.94. The highest BCUT2D eigenvalue weighted by molar-refractivity contribution is 9.10. The molecule has 1 aliphatic rings. The van der Waals surface area contributed by atoms with E-state index in [0.29, 0.717) is 28.8 Å². The maximum Gasteiger partial charge on any atom is 0.338 e. The summed E-state index contributed by atoms with van der Waals surface area (Å²) in [5.41, 5.74) is 2.96. The number of carbonyl (C=O) groups is 1. The number of amidine groups is 1. The highest BCUT2D eigenvalue weighted by Crippen LogP contribution is 2.34. The molecule has 0 fully saturated rings. The van der Waals surface area contributed by atoms with Crippen LogP contribution in [0.4, 0.5) is 4.39 Å². The van der Waals surface area contributed by atoms with E-state index in [1.165, 1.54) is 23.9 Å². The van der Waals surface area contributed by atoms with E-state index in [2.05, 4.69) is 21.2 Å². The van der Waals surface area contributed by atoms with Gasteiger partial charge in [0.05, 0.1) is 12.2 Å². The Kier molecular flexibility index (Phi) is 6.91. The Bertz CT molecular complexity index is 946. The van der Waals surface area contributed by atoms with Gasteiger partial charge in [-0.2, -0.15) is 0 Å². The van der Waals surface area contributed by atoms with Crippen molar-refractivity contribution in [3.8, 4) is 0 Å². The monoisotopic (exact) mass is 462 g/mol. The van der Waals surface area contributed by atoms with Crippen molar-refractivity contribution in [2.45, 2.75) is 25.6 Å². The zero-order valence-corrected chi connectivity index (χ0v) is 17.9. The lowest BCUT2D eigenvalue weighted by atomic mass is 9.97. The number of nitrogens with one attached hydrogen (secondary N) is 1. The first-order valence-electron chi connectivity index (χ1n) is 8.83. The Morgan fingerprint density at radius 1 is 1.29 bits per heavy atom. The third kappa shape index (κ3) is 5.02. The van der Waals surface area contributed by atoms with Crippen molar-refractivity contribution in [1.82, 2.24) is 5.32 Å². The molecule has 2 aromatic carbocycles. The molecule has 0 radical (unpaired) electrons. The number of aliphatic imine (C=N–C) groups is 1. The number of rotatable bonds is 5. The zero-order chi connectivity index (χ0) is 20.1. The smallest absolute Gasteiger partial charge is 0.338 e. The van der Waals surface area contributed by atoms with E-state index in [-0.39, 0.29) is 11.8 Å². The molecule has 1 N–H and O–H groups in total. The van der Waals surface area contributed by atoms with Crippen LogP contribution >= 0.6 is 27.7 Å². The lowest BCUT2D eigenvalue weighted by Gasteiger charge is -2.26. The SMILES string of the molecule is CCOC(=O)C1=C(C)NC(SCc2cccc(F)c2)=N[C@H]1c1cccc(Br)c1.